The number of hydrogen-bond donors (Lipinski definition) is 3. The number of rotatable bonds is 10. The van der Waals surface area contributed by atoms with E-state index in [-0.39, 0.29) is 11.0 Å². The van der Waals surface area contributed by atoms with Gasteiger partial charge in [0.15, 0.2) is 5.11 Å². The third kappa shape index (κ3) is 11.3. The Kier molecular flexibility index (Phi) is 12.0. The van der Waals surface area contributed by atoms with Crippen molar-refractivity contribution in [3.63, 3.8) is 0 Å². The van der Waals surface area contributed by atoms with Crippen LogP contribution in [-0.2, 0) is 4.79 Å². The SMILES string of the molecule is CCCCCCCCC(=O)N[C@H](NC(=S)Nc1ccc(Br)cc1)C(Cl)(Cl)Cl. The minimum atomic E-state index is -1.75. The van der Waals surface area contributed by atoms with Crippen molar-refractivity contribution in [2.24, 2.45) is 0 Å². The number of unbranched alkanes of at least 4 members (excludes halogenated alkanes) is 5. The van der Waals surface area contributed by atoms with Crippen LogP contribution in [0.3, 0.4) is 0 Å². The molecule has 0 bridgehead atoms. The summed E-state index contributed by atoms with van der Waals surface area (Å²) >= 11 is 26.6. The van der Waals surface area contributed by atoms with Gasteiger partial charge in [0.25, 0.3) is 0 Å². The zero-order valence-electron chi connectivity index (χ0n) is 15.2. The molecule has 152 valence electrons. The maximum atomic E-state index is 12.2. The van der Waals surface area contributed by atoms with Gasteiger partial charge in [-0.05, 0) is 42.9 Å². The lowest BCUT2D eigenvalue weighted by Crippen LogP contribution is -2.56. The van der Waals surface area contributed by atoms with Crippen LogP contribution in [0.1, 0.15) is 51.9 Å². The fourth-order valence-electron chi connectivity index (χ4n) is 2.33. The number of anilines is 1. The Morgan fingerprint density at radius 3 is 2.26 bits per heavy atom. The second kappa shape index (κ2) is 13.0. The van der Waals surface area contributed by atoms with Crippen molar-refractivity contribution in [2.45, 2.75) is 61.8 Å². The minimum Gasteiger partial charge on any atom is -0.339 e. The number of halogens is 4. The Labute approximate surface area is 190 Å². The molecule has 0 heterocycles. The molecule has 0 aliphatic rings. The van der Waals surface area contributed by atoms with Gasteiger partial charge in [-0.2, -0.15) is 0 Å². The molecule has 0 fully saturated rings. The number of carbonyl (C=O) groups excluding carboxylic acids is 1. The largest absolute Gasteiger partial charge is 0.339 e. The van der Waals surface area contributed by atoms with Gasteiger partial charge < -0.3 is 16.0 Å². The van der Waals surface area contributed by atoms with Crippen molar-refractivity contribution in [2.75, 3.05) is 5.32 Å². The first-order valence-corrected chi connectivity index (χ1v) is 11.2. The van der Waals surface area contributed by atoms with Gasteiger partial charge in [0.2, 0.25) is 9.70 Å². The predicted molar refractivity (Wildman–Crippen MR) is 124 cm³/mol. The molecule has 9 heteroatoms. The third-order valence-corrected chi connectivity index (χ3v) is 5.17. The van der Waals surface area contributed by atoms with Gasteiger partial charge in [-0.15, -0.1) is 0 Å². The van der Waals surface area contributed by atoms with Crippen LogP contribution in [-0.4, -0.2) is 21.0 Å². The summed E-state index contributed by atoms with van der Waals surface area (Å²) in [6.45, 7) is 2.17. The number of alkyl halides is 3. The molecule has 0 spiro atoms. The Morgan fingerprint density at radius 2 is 1.67 bits per heavy atom. The number of carbonyl (C=O) groups is 1. The van der Waals surface area contributed by atoms with E-state index in [9.17, 15) is 4.79 Å². The summed E-state index contributed by atoms with van der Waals surface area (Å²) in [6.07, 6.45) is 6.04. The summed E-state index contributed by atoms with van der Waals surface area (Å²) < 4.78 is -0.796. The van der Waals surface area contributed by atoms with Gasteiger partial charge in [-0.25, -0.2) is 0 Å². The first-order valence-electron chi connectivity index (χ1n) is 8.91. The van der Waals surface area contributed by atoms with E-state index in [0.29, 0.717) is 6.42 Å². The molecule has 1 atom stereocenters. The molecule has 4 nitrogen and oxygen atoms in total. The molecule has 0 radical (unpaired) electrons. The van der Waals surface area contributed by atoms with Gasteiger partial charge in [0.1, 0.15) is 6.17 Å². The molecule has 0 aliphatic heterocycles. The van der Waals surface area contributed by atoms with E-state index in [1.165, 1.54) is 19.3 Å². The zero-order valence-corrected chi connectivity index (χ0v) is 19.8. The van der Waals surface area contributed by atoms with E-state index in [0.717, 1.165) is 29.4 Å². The van der Waals surface area contributed by atoms with Crippen LogP contribution in [0, 0.1) is 0 Å². The number of benzene rings is 1. The fourth-order valence-corrected chi connectivity index (χ4v) is 3.16. The van der Waals surface area contributed by atoms with E-state index >= 15 is 0 Å². The lowest BCUT2D eigenvalue weighted by molar-refractivity contribution is -0.122. The maximum Gasteiger partial charge on any atom is 0.228 e. The summed E-state index contributed by atoms with van der Waals surface area (Å²) in [4.78, 5) is 12.2. The van der Waals surface area contributed by atoms with Crippen LogP contribution < -0.4 is 16.0 Å². The second-order valence-corrected chi connectivity index (χ2v) is 9.86. The predicted octanol–water partition coefficient (Wildman–Crippen LogP) is 6.30. The van der Waals surface area contributed by atoms with Crippen molar-refractivity contribution in [1.82, 2.24) is 10.6 Å². The zero-order chi connectivity index (χ0) is 20.3. The summed E-state index contributed by atoms with van der Waals surface area (Å²) in [5.41, 5.74) is 0.775. The van der Waals surface area contributed by atoms with Crippen LogP contribution >= 0.6 is 63.0 Å². The van der Waals surface area contributed by atoms with Crippen molar-refractivity contribution in [3.05, 3.63) is 28.7 Å². The van der Waals surface area contributed by atoms with Crippen LogP contribution in [0.2, 0.25) is 0 Å². The molecule has 0 aromatic heterocycles. The first-order chi connectivity index (χ1) is 12.7. The Hall–Kier alpha value is -0.270. The molecule has 1 rings (SSSR count). The third-order valence-electron chi connectivity index (χ3n) is 3.77. The highest BCUT2D eigenvalue weighted by molar-refractivity contribution is 9.10. The summed E-state index contributed by atoms with van der Waals surface area (Å²) in [5.74, 6) is -0.180. The fraction of sp³-hybridized carbons (Fsp3) is 0.556. The van der Waals surface area contributed by atoms with Crippen molar-refractivity contribution >= 4 is 79.7 Å². The van der Waals surface area contributed by atoms with E-state index in [4.69, 9.17) is 47.0 Å². The first kappa shape index (κ1) is 24.8. The smallest absolute Gasteiger partial charge is 0.228 e. The molecular weight excluding hydrogens is 493 g/mol. The molecular formula is C18H25BrCl3N3OS. The Bertz CT molecular complexity index is 597. The lowest BCUT2D eigenvalue weighted by atomic mass is 10.1. The highest BCUT2D eigenvalue weighted by atomic mass is 79.9. The Morgan fingerprint density at radius 1 is 1.07 bits per heavy atom. The molecule has 0 aliphatic carbocycles. The molecule has 0 saturated carbocycles. The second-order valence-electron chi connectivity index (χ2n) is 6.17. The number of thiocarbonyl (C=S) groups is 1. The van der Waals surface area contributed by atoms with Crippen molar-refractivity contribution in [3.8, 4) is 0 Å². The molecule has 1 aromatic rings. The minimum absolute atomic E-state index is 0.180. The van der Waals surface area contributed by atoms with Gasteiger partial charge in [0, 0.05) is 16.6 Å². The van der Waals surface area contributed by atoms with Gasteiger partial charge in [0.05, 0.1) is 0 Å². The molecule has 1 aromatic carbocycles. The topological polar surface area (TPSA) is 53.2 Å². The van der Waals surface area contributed by atoms with Crippen LogP contribution in [0.4, 0.5) is 5.69 Å². The summed E-state index contributed by atoms with van der Waals surface area (Å²) in [5, 5.41) is 8.79. The van der Waals surface area contributed by atoms with Crippen molar-refractivity contribution in [1.29, 1.82) is 0 Å². The van der Waals surface area contributed by atoms with Crippen molar-refractivity contribution < 1.29 is 4.79 Å². The molecule has 1 amide bonds. The molecule has 0 unspecified atom stereocenters. The van der Waals surface area contributed by atoms with Crippen LogP contribution in [0.15, 0.2) is 28.7 Å². The van der Waals surface area contributed by atoms with Crippen LogP contribution in [0.25, 0.3) is 0 Å². The molecule has 3 N–H and O–H groups in total. The highest BCUT2D eigenvalue weighted by Gasteiger charge is 2.34. The maximum absolute atomic E-state index is 12.2. The van der Waals surface area contributed by atoms with E-state index in [2.05, 4.69) is 38.8 Å². The quantitative estimate of drug-likeness (QED) is 0.148. The van der Waals surface area contributed by atoms with E-state index < -0.39 is 9.96 Å². The Balaban J connectivity index is 2.46. The average molecular weight is 518 g/mol. The van der Waals surface area contributed by atoms with Gasteiger partial charge in [-0.3, -0.25) is 4.79 Å². The number of hydrogen-bond acceptors (Lipinski definition) is 2. The van der Waals surface area contributed by atoms with E-state index in [1.807, 2.05) is 24.3 Å². The number of amides is 1. The number of nitrogens with one attached hydrogen (secondary N) is 3. The van der Waals surface area contributed by atoms with Crippen LogP contribution in [0.5, 0.6) is 0 Å². The monoisotopic (exact) mass is 515 g/mol. The summed E-state index contributed by atoms with van der Waals surface area (Å²) in [7, 11) is 0. The standard InChI is InChI=1S/C18H25BrCl3N3OS/c1-2-3-4-5-6-7-8-15(26)24-16(18(20,21)22)25-17(27)23-14-11-9-13(19)10-12-14/h9-12,16H,2-8H2,1H3,(H,24,26)(H2,23,25,27)/t16-/m1/s1. The average Bonchev–Trinajstić information content (AvgIpc) is 2.58. The van der Waals surface area contributed by atoms with Gasteiger partial charge in [-0.1, -0.05) is 89.8 Å². The van der Waals surface area contributed by atoms with Gasteiger partial charge >= 0.3 is 0 Å². The van der Waals surface area contributed by atoms with E-state index in [1.54, 1.807) is 0 Å². The highest BCUT2D eigenvalue weighted by Crippen LogP contribution is 2.29. The lowest BCUT2D eigenvalue weighted by Gasteiger charge is -2.27. The molecule has 0 saturated heterocycles. The molecule has 27 heavy (non-hydrogen) atoms. The summed E-state index contributed by atoms with van der Waals surface area (Å²) in [6, 6.07) is 7.44. The normalized spacial score (nSPS) is 12.3.